The summed E-state index contributed by atoms with van der Waals surface area (Å²) in [6.45, 7) is 73.2. The Bertz CT molecular complexity index is 1290. The van der Waals surface area contributed by atoms with Crippen LogP contribution < -0.4 is 21.3 Å². The Balaban J connectivity index is -0.000000168. The summed E-state index contributed by atoms with van der Waals surface area (Å²) in [5.74, 6) is 9.23. The van der Waals surface area contributed by atoms with Crippen molar-refractivity contribution in [3.8, 4) is 0 Å². The Morgan fingerprint density at radius 2 is 1.09 bits per heavy atom. The van der Waals surface area contributed by atoms with Gasteiger partial charge in [0.05, 0.1) is 17.9 Å². The van der Waals surface area contributed by atoms with Crippen LogP contribution in [0.3, 0.4) is 0 Å². The minimum atomic E-state index is -0.667. The molecule has 5 unspecified atom stereocenters. The highest BCUT2D eigenvalue weighted by molar-refractivity contribution is 8.26. The van der Waals surface area contributed by atoms with Gasteiger partial charge in [-0.05, 0) is 94.1 Å². The van der Waals surface area contributed by atoms with E-state index in [2.05, 4.69) is 195 Å². The lowest BCUT2D eigenvalue weighted by molar-refractivity contribution is 0.256. The van der Waals surface area contributed by atoms with Gasteiger partial charge >= 0.3 is 0 Å². The molecule has 4 N–H and O–H groups in total. The summed E-state index contributed by atoms with van der Waals surface area (Å²) in [6.07, 6.45) is 27.6. The Morgan fingerprint density at radius 3 is 1.41 bits per heavy atom. The molecule has 0 aliphatic carbocycles. The summed E-state index contributed by atoms with van der Waals surface area (Å²) in [5, 5.41) is 14.3. The van der Waals surface area contributed by atoms with Gasteiger partial charge in [0.25, 0.3) is 0 Å². The van der Waals surface area contributed by atoms with Crippen molar-refractivity contribution in [2.75, 3.05) is 19.6 Å². The summed E-state index contributed by atoms with van der Waals surface area (Å²) >= 11 is 0. The third-order valence-corrected chi connectivity index (χ3v) is 9.22. The van der Waals surface area contributed by atoms with E-state index in [4.69, 9.17) is 0 Å². The van der Waals surface area contributed by atoms with Crippen molar-refractivity contribution in [2.24, 2.45) is 22.7 Å². The SMILES string of the molecule is C=C(NC(CC)C(C)(C)C)NC(C(=C)CC(CC(C)CC)C(=C)NC(CCCC)C(=C)C(=C)NC)C(C)(C)C.C=CC.C=CC.C=CC.C=S(=C)(C)C.CC.CC/C=C\CCCC.CCC. The van der Waals surface area contributed by atoms with Gasteiger partial charge in [0.1, 0.15) is 0 Å². The molecule has 0 radical (unpaired) electrons. The van der Waals surface area contributed by atoms with E-state index in [0.29, 0.717) is 12.0 Å². The van der Waals surface area contributed by atoms with Crippen molar-refractivity contribution in [1.82, 2.24) is 21.3 Å². The van der Waals surface area contributed by atoms with Gasteiger partial charge < -0.3 is 21.3 Å². The van der Waals surface area contributed by atoms with E-state index in [1.54, 1.807) is 18.2 Å². The molecule has 0 fully saturated rings. The van der Waals surface area contributed by atoms with Crippen molar-refractivity contribution in [2.45, 2.75) is 227 Å². The largest absolute Gasteiger partial charge is 0.388 e. The third kappa shape index (κ3) is 60.9. The molecule has 0 bridgehead atoms. The fourth-order valence-electron chi connectivity index (χ4n) is 5.78. The quantitative estimate of drug-likeness (QED) is 0.0337. The van der Waals surface area contributed by atoms with Gasteiger partial charge in [-0.15, -0.1) is 19.7 Å². The Kier molecular flexibility index (Phi) is 64.1. The molecule has 0 saturated heterocycles. The molecule has 0 aromatic heterocycles. The number of likely N-dealkylation sites (N-methyl/N-ethyl adjacent to an activating group) is 1. The molecule has 4 nitrogen and oxygen atoms in total. The lowest BCUT2D eigenvalue weighted by Gasteiger charge is -2.39. The first-order valence-electron chi connectivity index (χ1n) is 25.7. The number of nitrogens with one attached hydrogen (secondary N) is 4. The van der Waals surface area contributed by atoms with Crippen LogP contribution in [0.2, 0.25) is 0 Å². The molecule has 66 heavy (non-hydrogen) atoms. The maximum atomic E-state index is 4.64. The molecule has 0 aromatic carbocycles. The van der Waals surface area contributed by atoms with E-state index < -0.39 is 9.21 Å². The van der Waals surface area contributed by atoms with Crippen LogP contribution in [0.5, 0.6) is 0 Å². The molecule has 5 heteroatoms. The van der Waals surface area contributed by atoms with E-state index in [1.807, 2.05) is 54.2 Å². The second-order valence-corrected chi connectivity index (χ2v) is 23.1. The summed E-state index contributed by atoms with van der Waals surface area (Å²) in [6, 6.07) is 0.542. The van der Waals surface area contributed by atoms with Gasteiger partial charge in [-0.2, -0.15) is 0 Å². The standard InChI is InChI=1S/C35H66N4.C8H16.C4H10S.C3H8.3C3H6.C2H6/c1-17-20-21-31(26(6)27(7)36-16)37-28(8)30(22-24(4)18-2)23-25(5)33(35(13,14)15)39-29(9)38-32(19-3)34(10,11)12;1-3-5-7-8-6-4-2;1-5(2,3)4;4*1-3-2;1-2/h24,30-33,36-39H,5-9,17-23H2,1-4,10-16H3;5,7H,3-4,6,8H2,1-2H3;1-2H2,3-4H3;3H2,1-2H3;3*3H,1H2,2H3;1-2H3/b;7-5-;;;;;;. The van der Waals surface area contributed by atoms with Crippen molar-refractivity contribution >= 4 is 20.9 Å². The Morgan fingerprint density at radius 1 is 0.667 bits per heavy atom. The Labute approximate surface area is 420 Å². The van der Waals surface area contributed by atoms with Gasteiger partial charge in [0.2, 0.25) is 0 Å². The summed E-state index contributed by atoms with van der Waals surface area (Å²) in [7, 11) is 1.24. The minimum absolute atomic E-state index is 0.0245. The van der Waals surface area contributed by atoms with Crippen molar-refractivity contribution < 1.29 is 0 Å². The predicted octanol–water partition coefficient (Wildman–Crippen LogP) is 18.9. The first kappa shape index (κ1) is 80.0. The average molecular weight is 946 g/mol. The minimum Gasteiger partial charge on any atom is -0.388 e. The van der Waals surface area contributed by atoms with Crippen LogP contribution in [0.15, 0.2) is 111 Å². The maximum absolute atomic E-state index is 4.64. The van der Waals surface area contributed by atoms with Gasteiger partial charge in [0.15, 0.2) is 0 Å². The molecule has 0 amide bonds. The highest BCUT2D eigenvalue weighted by Crippen LogP contribution is 2.34. The number of hydrogen-bond donors (Lipinski definition) is 4. The second-order valence-electron chi connectivity index (χ2n) is 19.5. The molecular weight excluding hydrogens is 821 g/mol. The van der Waals surface area contributed by atoms with E-state index in [-0.39, 0.29) is 28.8 Å². The number of unbranched alkanes of at least 4 members (excludes halogenated alkanes) is 3. The van der Waals surface area contributed by atoms with Gasteiger partial charge in [-0.1, -0.05) is 230 Å². The van der Waals surface area contributed by atoms with Crippen molar-refractivity contribution in [1.29, 1.82) is 0 Å². The van der Waals surface area contributed by atoms with Crippen molar-refractivity contribution in [3.05, 3.63) is 111 Å². The zero-order valence-electron chi connectivity index (χ0n) is 49.2. The molecule has 0 spiro atoms. The first-order valence-corrected chi connectivity index (χ1v) is 28.4. The Hall–Kier alpha value is -3.05. The molecule has 5 atom stereocenters. The smallest absolute Gasteiger partial charge is 0.0919 e. The lowest BCUT2D eigenvalue weighted by Crippen LogP contribution is -2.48. The van der Waals surface area contributed by atoms with E-state index in [0.717, 1.165) is 67.7 Å². The van der Waals surface area contributed by atoms with Crippen LogP contribution in [-0.2, 0) is 0 Å². The predicted molar refractivity (Wildman–Crippen MR) is 324 cm³/mol. The normalized spacial score (nSPS) is 12.5. The number of allylic oxidation sites excluding steroid dienone is 6. The van der Waals surface area contributed by atoms with Crippen LogP contribution in [-0.4, -0.2) is 49.4 Å². The van der Waals surface area contributed by atoms with E-state index in [9.17, 15) is 0 Å². The molecular formula is C61H124N4S. The third-order valence-electron chi connectivity index (χ3n) is 9.22. The van der Waals surface area contributed by atoms with Crippen LogP contribution >= 0.6 is 9.21 Å². The summed E-state index contributed by atoms with van der Waals surface area (Å²) in [4.78, 5) is 0. The fraction of sp³-hybridized carbons (Fsp3) is 0.672. The zero-order chi connectivity index (χ0) is 54.1. The van der Waals surface area contributed by atoms with E-state index >= 15 is 0 Å². The van der Waals surface area contributed by atoms with Crippen LogP contribution in [0.1, 0.15) is 209 Å². The van der Waals surface area contributed by atoms with Gasteiger partial charge in [-0.3, -0.25) is 0 Å². The lowest BCUT2D eigenvalue weighted by atomic mass is 9.77. The van der Waals surface area contributed by atoms with Crippen LogP contribution in [0.4, 0.5) is 0 Å². The zero-order valence-corrected chi connectivity index (χ0v) is 50.1. The summed E-state index contributed by atoms with van der Waals surface area (Å²) < 4.78 is 0. The van der Waals surface area contributed by atoms with Crippen LogP contribution in [0, 0.1) is 22.7 Å². The second kappa shape index (κ2) is 52.9. The molecule has 0 heterocycles. The topological polar surface area (TPSA) is 48.1 Å². The van der Waals surface area contributed by atoms with Gasteiger partial charge in [-0.25, -0.2) is 9.21 Å². The molecule has 0 saturated carbocycles. The van der Waals surface area contributed by atoms with Gasteiger partial charge in [0, 0.05) is 30.4 Å². The highest BCUT2D eigenvalue weighted by Gasteiger charge is 2.31. The first-order chi connectivity index (χ1) is 30.5. The molecule has 0 aliphatic heterocycles. The molecule has 394 valence electrons. The monoisotopic (exact) mass is 945 g/mol. The molecule has 0 rings (SSSR count). The van der Waals surface area contributed by atoms with E-state index in [1.165, 1.54) is 37.7 Å². The van der Waals surface area contributed by atoms with Crippen molar-refractivity contribution in [3.63, 3.8) is 0 Å². The number of rotatable bonds is 24. The highest BCUT2D eigenvalue weighted by atomic mass is 32.2. The number of hydrogen-bond acceptors (Lipinski definition) is 4. The summed E-state index contributed by atoms with van der Waals surface area (Å²) in [5.41, 5.74) is 4.27. The average Bonchev–Trinajstić information content (AvgIpc) is 3.21. The molecule has 0 aliphatic rings. The van der Waals surface area contributed by atoms with Crippen LogP contribution in [0.25, 0.3) is 0 Å². The molecule has 0 aromatic rings. The maximum Gasteiger partial charge on any atom is 0.0919 e. The fourth-order valence-corrected chi connectivity index (χ4v) is 5.78.